The number of methoxy groups -OCH3 is 1. The first-order valence-electron chi connectivity index (χ1n) is 9.02. The van der Waals surface area contributed by atoms with Crippen LogP contribution in [0.15, 0.2) is 54.6 Å². The third-order valence-electron chi connectivity index (χ3n) is 4.54. The van der Waals surface area contributed by atoms with Gasteiger partial charge in [0.05, 0.1) is 12.8 Å². The Bertz CT molecular complexity index is 1250. The summed E-state index contributed by atoms with van der Waals surface area (Å²) >= 11 is 17.4. The van der Waals surface area contributed by atoms with E-state index in [9.17, 15) is 8.78 Å². The van der Waals surface area contributed by atoms with Gasteiger partial charge >= 0.3 is 0 Å². The first kappa shape index (κ1) is 21.4. The zero-order valence-corrected chi connectivity index (χ0v) is 18.4. The van der Waals surface area contributed by atoms with Gasteiger partial charge in [-0.05, 0) is 60.7 Å². The normalized spacial score (nSPS) is 10.9. The summed E-state index contributed by atoms with van der Waals surface area (Å²) in [7, 11) is 1.54. The van der Waals surface area contributed by atoms with Crippen molar-refractivity contribution in [3.63, 3.8) is 0 Å². The second-order valence-corrected chi connectivity index (χ2v) is 7.97. The third-order valence-corrected chi connectivity index (χ3v) is 5.18. The Morgan fingerprint density at radius 1 is 0.935 bits per heavy atom. The molecule has 0 amide bonds. The Hall–Kier alpha value is -2.87. The van der Waals surface area contributed by atoms with Crippen molar-refractivity contribution in [1.82, 2.24) is 4.98 Å². The van der Waals surface area contributed by atoms with Gasteiger partial charge in [-0.2, -0.15) is 0 Å². The molecule has 0 aliphatic carbocycles. The second kappa shape index (κ2) is 8.70. The molecule has 9 heteroatoms. The van der Waals surface area contributed by atoms with Gasteiger partial charge in [-0.1, -0.05) is 23.2 Å². The van der Waals surface area contributed by atoms with Crippen LogP contribution in [0.4, 0.5) is 20.2 Å². The summed E-state index contributed by atoms with van der Waals surface area (Å²) in [5.74, 6) is -1.24. The number of benzene rings is 3. The monoisotopic (exact) mass is 477 g/mol. The molecule has 31 heavy (non-hydrogen) atoms. The number of fused-ring (bicyclic) bond motifs is 1. The van der Waals surface area contributed by atoms with Gasteiger partial charge in [-0.15, -0.1) is 0 Å². The number of aromatic nitrogens is 1. The van der Waals surface area contributed by atoms with Crippen molar-refractivity contribution in [2.75, 3.05) is 17.7 Å². The molecule has 4 aromatic rings. The number of rotatable bonds is 4. The maximum Gasteiger partial charge on any atom is 0.175 e. The van der Waals surface area contributed by atoms with E-state index in [-0.39, 0.29) is 0 Å². The fourth-order valence-electron chi connectivity index (χ4n) is 3.17. The predicted octanol–water partition coefficient (Wildman–Crippen LogP) is 7.24. The van der Waals surface area contributed by atoms with E-state index in [0.29, 0.717) is 48.9 Å². The number of nitrogens with one attached hydrogen (secondary N) is 3. The molecule has 0 aliphatic heterocycles. The molecule has 1 heterocycles. The number of hydrogen-bond acceptors (Lipinski definition) is 2. The topological polar surface area (TPSA) is 49.1 Å². The predicted molar refractivity (Wildman–Crippen MR) is 127 cm³/mol. The molecular weight excluding hydrogens is 463 g/mol. The van der Waals surface area contributed by atoms with Crippen LogP contribution in [-0.2, 0) is 0 Å². The molecule has 0 saturated heterocycles. The van der Waals surface area contributed by atoms with Gasteiger partial charge < -0.3 is 20.4 Å². The molecule has 4 nitrogen and oxygen atoms in total. The van der Waals surface area contributed by atoms with Crippen LogP contribution in [0.25, 0.3) is 22.2 Å². The van der Waals surface area contributed by atoms with Gasteiger partial charge in [0, 0.05) is 44.0 Å². The third kappa shape index (κ3) is 4.74. The van der Waals surface area contributed by atoms with E-state index >= 15 is 0 Å². The van der Waals surface area contributed by atoms with E-state index in [1.807, 2.05) is 12.1 Å². The van der Waals surface area contributed by atoms with Crippen LogP contribution in [0, 0.1) is 11.6 Å². The van der Waals surface area contributed by atoms with Crippen molar-refractivity contribution in [3.05, 3.63) is 76.3 Å². The van der Waals surface area contributed by atoms with Gasteiger partial charge in [-0.25, -0.2) is 8.78 Å². The minimum atomic E-state index is -0.907. The van der Waals surface area contributed by atoms with E-state index in [2.05, 4.69) is 15.6 Å². The molecule has 0 unspecified atom stereocenters. The Labute approximate surface area is 192 Å². The largest absolute Gasteiger partial charge is 0.495 e. The highest BCUT2D eigenvalue weighted by atomic mass is 35.5. The molecule has 3 N–H and O–H groups in total. The van der Waals surface area contributed by atoms with E-state index in [0.717, 1.165) is 17.7 Å². The maximum absolute atomic E-state index is 13.5. The van der Waals surface area contributed by atoms with Crippen LogP contribution in [0.3, 0.4) is 0 Å². The maximum atomic E-state index is 13.5. The summed E-state index contributed by atoms with van der Waals surface area (Å²) in [6, 6.07) is 14.4. The number of anilines is 2. The van der Waals surface area contributed by atoms with E-state index in [1.54, 1.807) is 37.4 Å². The average molecular weight is 478 g/mol. The Morgan fingerprint density at radius 3 is 2.35 bits per heavy atom. The minimum Gasteiger partial charge on any atom is -0.495 e. The zero-order valence-electron chi connectivity index (χ0n) is 16.0. The summed E-state index contributed by atoms with van der Waals surface area (Å²) in [5, 5.41) is 7.92. The molecule has 1 aromatic heterocycles. The molecule has 0 aliphatic rings. The second-order valence-electron chi connectivity index (χ2n) is 6.69. The zero-order chi connectivity index (χ0) is 22.1. The fourth-order valence-corrected chi connectivity index (χ4v) is 3.92. The van der Waals surface area contributed by atoms with E-state index < -0.39 is 11.6 Å². The lowest BCUT2D eigenvalue weighted by atomic mass is 10.1. The standard InChI is InChI=1S/C22H15Cl2F2N3OS/c1-30-21-3-2-11(18-6-12-4-16(25)17(26)10-19(12)28-18)5-20(21)29-22(31)27-15-8-13(23)7-14(24)9-15/h2-10,28H,1H3,(H2,27,29,31). The van der Waals surface area contributed by atoms with Crippen molar-refractivity contribution in [2.45, 2.75) is 0 Å². The smallest absolute Gasteiger partial charge is 0.175 e. The van der Waals surface area contributed by atoms with Gasteiger partial charge in [-0.3, -0.25) is 0 Å². The number of thiocarbonyl (C=S) groups is 1. The molecule has 0 atom stereocenters. The van der Waals surface area contributed by atoms with Gasteiger partial charge in [0.2, 0.25) is 0 Å². The number of halogens is 4. The summed E-state index contributed by atoms with van der Waals surface area (Å²) in [6.07, 6.45) is 0. The summed E-state index contributed by atoms with van der Waals surface area (Å²) in [4.78, 5) is 3.10. The molecule has 3 aromatic carbocycles. The van der Waals surface area contributed by atoms with Crippen LogP contribution < -0.4 is 15.4 Å². The molecule has 158 valence electrons. The summed E-state index contributed by atoms with van der Waals surface area (Å²) in [5.41, 5.74) is 3.18. The summed E-state index contributed by atoms with van der Waals surface area (Å²) in [6.45, 7) is 0. The van der Waals surface area contributed by atoms with Gasteiger partial charge in [0.25, 0.3) is 0 Å². The molecule has 4 rings (SSSR count). The van der Waals surface area contributed by atoms with Gasteiger partial charge in [0.1, 0.15) is 5.75 Å². The first-order valence-corrected chi connectivity index (χ1v) is 10.2. The van der Waals surface area contributed by atoms with Crippen LogP contribution in [-0.4, -0.2) is 17.2 Å². The lowest BCUT2D eigenvalue weighted by Gasteiger charge is -2.15. The van der Waals surface area contributed by atoms with Crippen molar-refractivity contribution in [2.24, 2.45) is 0 Å². The van der Waals surface area contributed by atoms with Crippen molar-refractivity contribution >= 4 is 62.8 Å². The fraction of sp³-hybridized carbons (Fsp3) is 0.0455. The van der Waals surface area contributed by atoms with Crippen LogP contribution >= 0.6 is 35.4 Å². The van der Waals surface area contributed by atoms with E-state index in [4.69, 9.17) is 40.2 Å². The van der Waals surface area contributed by atoms with Crippen LogP contribution in [0.2, 0.25) is 10.0 Å². The number of ether oxygens (including phenoxy) is 1. The number of hydrogen-bond donors (Lipinski definition) is 3. The average Bonchev–Trinajstić information content (AvgIpc) is 3.10. The SMILES string of the molecule is COc1ccc(-c2cc3cc(F)c(F)cc3[nH]2)cc1NC(=S)Nc1cc(Cl)cc(Cl)c1. The molecule has 0 bridgehead atoms. The van der Waals surface area contributed by atoms with Crippen molar-refractivity contribution in [3.8, 4) is 17.0 Å². The molecule has 0 spiro atoms. The van der Waals surface area contributed by atoms with Crippen molar-refractivity contribution < 1.29 is 13.5 Å². The molecule has 0 saturated carbocycles. The lowest BCUT2D eigenvalue weighted by Crippen LogP contribution is -2.19. The number of aromatic amines is 1. The van der Waals surface area contributed by atoms with Crippen molar-refractivity contribution in [1.29, 1.82) is 0 Å². The quantitative estimate of drug-likeness (QED) is 0.271. The van der Waals surface area contributed by atoms with Crippen LogP contribution in [0.5, 0.6) is 5.75 Å². The van der Waals surface area contributed by atoms with Gasteiger partial charge in [0.15, 0.2) is 16.7 Å². The van der Waals surface area contributed by atoms with Crippen LogP contribution in [0.1, 0.15) is 0 Å². The highest BCUT2D eigenvalue weighted by molar-refractivity contribution is 7.80. The van der Waals surface area contributed by atoms with E-state index in [1.165, 1.54) is 0 Å². The Morgan fingerprint density at radius 2 is 1.65 bits per heavy atom. The Kier molecular flexibility index (Phi) is 6.00. The highest BCUT2D eigenvalue weighted by Gasteiger charge is 2.12. The first-order chi connectivity index (χ1) is 14.8. The minimum absolute atomic E-state index is 0.301. The molecular formula is C22H15Cl2F2N3OS. The Balaban J connectivity index is 1.62. The molecule has 0 radical (unpaired) electrons. The highest BCUT2D eigenvalue weighted by Crippen LogP contribution is 2.32. The molecule has 0 fully saturated rings. The number of H-pyrrole nitrogens is 1. The summed E-state index contributed by atoms with van der Waals surface area (Å²) < 4.78 is 32.5. The lowest BCUT2D eigenvalue weighted by molar-refractivity contribution is 0.417.